The van der Waals surface area contributed by atoms with E-state index in [1.54, 1.807) is 0 Å². The van der Waals surface area contributed by atoms with Crippen LogP contribution in [0.4, 0.5) is 5.69 Å². The molecule has 1 fully saturated rings. The minimum Gasteiger partial charge on any atom is -0.336 e. The average molecular weight is 434 g/mol. The van der Waals surface area contributed by atoms with Crippen molar-refractivity contribution in [2.75, 3.05) is 31.5 Å². The molecular formula is C25H31N5O2. The lowest BCUT2D eigenvalue weighted by Crippen LogP contribution is -2.48. The van der Waals surface area contributed by atoms with Gasteiger partial charge in [0, 0.05) is 50.9 Å². The third-order valence-corrected chi connectivity index (χ3v) is 5.90. The van der Waals surface area contributed by atoms with Gasteiger partial charge in [-0.05, 0) is 36.2 Å². The first-order valence-electron chi connectivity index (χ1n) is 11.2. The number of anilines is 1. The Labute approximate surface area is 189 Å². The van der Waals surface area contributed by atoms with Crippen LogP contribution in [0.15, 0.2) is 48.5 Å². The molecule has 2 amide bonds. The van der Waals surface area contributed by atoms with E-state index in [0.717, 1.165) is 47.7 Å². The van der Waals surface area contributed by atoms with Crippen LogP contribution in [0.1, 0.15) is 36.5 Å². The molecule has 1 aliphatic heterocycles. The van der Waals surface area contributed by atoms with Crippen LogP contribution in [0.25, 0.3) is 11.0 Å². The van der Waals surface area contributed by atoms with Crippen molar-refractivity contribution in [2.45, 2.75) is 26.8 Å². The zero-order valence-electron chi connectivity index (χ0n) is 19.0. The van der Waals surface area contributed by atoms with Crippen molar-refractivity contribution >= 4 is 28.5 Å². The van der Waals surface area contributed by atoms with Gasteiger partial charge in [0.05, 0.1) is 17.6 Å². The van der Waals surface area contributed by atoms with Crippen LogP contribution in [-0.4, -0.2) is 57.3 Å². The summed E-state index contributed by atoms with van der Waals surface area (Å²) in [4.78, 5) is 33.8. The van der Waals surface area contributed by atoms with Crippen LogP contribution in [0.3, 0.4) is 0 Å². The van der Waals surface area contributed by atoms with E-state index >= 15 is 0 Å². The minimum absolute atomic E-state index is 0.0263. The Bertz CT molecular complexity index is 1100. The summed E-state index contributed by atoms with van der Waals surface area (Å²) in [5.74, 6) is 1.43. The molecule has 7 nitrogen and oxygen atoms in total. The van der Waals surface area contributed by atoms with E-state index in [9.17, 15) is 9.59 Å². The van der Waals surface area contributed by atoms with Crippen LogP contribution in [0.5, 0.6) is 0 Å². The van der Waals surface area contributed by atoms with Gasteiger partial charge in [-0.1, -0.05) is 32.0 Å². The molecule has 7 heteroatoms. The van der Waals surface area contributed by atoms with Crippen molar-refractivity contribution in [3.8, 4) is 0 Å². The van der Waals surface area contributed by atoms with Crippen molar-refractivity contribution in [1.29, 1.82) is 0 Å². The van der Waals surface area contributed by atoms with E-state index in [0.29, 0.717) is 25.4 Å². The minimum atomic E-state index is 0.0263. The summed E-state index contributed by atoms with van der Waals surface area (Å²) < 4.78 is 2.11. The average Bonchev–Trinajstić information content (AvgIpc) is 3.08. The number of imidazole rings is 1. The zero-order chi connectivity index (χ0) is 22.7. The van der Waals surface area contributed by atoms with Crippen molar-refractivity contribution in [1.82, 2.24) is 19.4 Å². The number of amides is 2. The highest BCUT2D eigenvalue weighted by Gasteiger charge is 2.23. The Morgan fingerprint density at radius 3 is 2.44 bits per heavy atom. The van der Waals surface area contributed by atoms with Gasteiger partial charge < -0.3 is 14.8 Å². The van der Waals surface area contributed by atoms with Crippen LogP contribution < -0.4 is 5.32 Å². The van der Waals surface area contributed by atoms with Gasteiger partial charge in [-0.15, -0.1) is 0 Å². The molecule has 32 heavy (non-hydrogen) atoms. The van der Waals surface area contributed by atoms with E-state index in [1.165, 1.54) is 0 Å². The Morgan fingerprint density at radius 2 is 1.75 bits per heavy atom. The second-order valence-electron chi connectivity index (χ2n) is 8.87. The molecule has 0 radical (unpaired) electrons. The summed E-state index contributed by atoms with van der Waals surface area (Å²) in [6, 6.07) is 15.3. The molecule has 0 spiro atoms. The van der Waals surface area contributed by atoms with E-state index in [4.69, 9.17) is 4.98 Å². The van der Waals surface area contributed by atoms with E-state index in [-0.39, 0.29) is 11.8 Å². The number of aryl methyl sites for hydroxylation is 1. The number of carbonyl (C=O) groups is 2. The second-order valence-corrected chi connectivity index (χ2v) is 8.87. The zero-order valence-corrected chi connectivity index (χ0v) is 19.0. The molecule has 2 aromatic carbocycles. The molecule has 168 valence electrons. The number of aromatic nitrogens is 2. The summed E-state index contributed by atoms with van der Waals surface area (Å²) in [6.07, 6.45) is 0.504. The topological polar surface area (TPSA) is 70.5 Å². The van der Waals surface area contributed by atoms with Gasteiger partial charge in [0.15, 0.2) is 0 Å². The van der Waals surface area contributed by atoms with Crippen LogP contribution in [-0.2, 0) is 18.4 Å². The van der Waals surface area contributed by atoms with Crippen molar-refractivity contribution in [3.05, 3.63) is 59.9 Å². The largest absolute Gasteiger partial charge is 0.336 e. The Morgan fingerprint density at radius 1 is 1.03 bits per heavy atom. The number of hydrogen-bond acceptors (Lipinski definition) is 4. The predicted octanol–water partition coefficient (Wildman–Crippen LogP) is 3.52. The highest BCUT2D eigenvalue weighted by Crippen LogP contribution is 2.21. The monoisotopic (exact) mass is 433 g/mol. The molecule has 2 heterocycles. The van der Waals surface area contributed by atoms with Crippen LogP contribution in [0.2, 0.25) is 0 Å². The molecule has 0 atom stereocenters. The third kappa shape index (κ3) is 4.99. The van der Waals surface area contributed by atoms with Crippen molar-refractivity contribution in [3.63, 3.8) is 0 Å². The molecule has 1 aliphatic rings. The molecule has 0 unspecified atom stereocenters. The van der Waals surface area contributed by atoms with Crippen molar-refractivity contribution < 1.29 is 9.59 Å². The number of rotatable bonds is 6. The number of fused-ring (bicyclic) bond motifs is 1. The first kappa shape index (κ1) is 22.0. The lowest BCUT2D eigenvalue weighted by molar-refractivity contribution is -0.116. The molecule has 3 aromatic rings. The number of benzene rings is 2. The maximum Gasteiger partial charge on any atom is 0.253 e. The number of nitrogens with zero attached hydrogens (tertiary/aromatic N) is 4. The van der Waals surface area contributed by atoms with Gasteiger partial charge >= 0.3 is 0 Å². The van der Waals surface area contributed by atoms with Gasteiger partial charge in [-0.2, -0.15) is 0 Å². The molecule has 0 saturated carbocycles. The Hall–Kier alpha value is -3.19. The summed E-state index contributed by atoms with van der Waals surface area (Å²) in [6.45, 7) is 7.86. The number of nitrogens with one attached hydrogen (secondary N) is 1. The quantitative estimate of drug-likeness (QED) is 0.646. The van der Waals surface area contributed by atoms with Crippen LogP contribution >= 0.6 is 0 Å². The molecule has 0 aliphatic carbocycles. The Kier molecular flexibility index (Phi) is 6.55. The molecule has 1 N–H and O–H groups in total. The highest BCUT2D eigenvalue weighted by atomic mass is 16.2. The second kappa shape index (κ2) is 9.53. The van der Waals surface area contributed by atoms with E-state index in [1.807, 2.05) is 74.3 Å². The molecular weight excluding hydrogens is 402 g/mol. The summed E-state index contributed by atoms with van der Waals surface area (Å²) in [5.41, 5.74) is 3.44. The van der Waals surface area contributed by atoms with Gasteiger partial charge in [0.25, 0.3) is 5.91 Å². The number of carbonyl (C=O) groups excluding carboxylic acids is 2. The smallest absolute Gasteiger partial charge is 0.253 e. The maximum atomic E-state index is 12.7. The fourth-order valence-electron chi connectivity index (χ4n) is 4.12. The predicted molar refractivity (Wildman–Crippen MR) is 126 cm³/mol. The fraction of sp³-hybridized carbons (Fsp3) is 0.400. The van der Waals surface area contributed by atoms with Gasteiger partial charge in [0.2, 0.25) is 5.91 Å². The third-order valence-electron chi connectivity index (χ3n) is 5.90. The lowest BCUT2D eigenvalue weighted by Gasteiger charge is -2.34. The standard InChI is InChI=1S/C25H31N5O2/c1-18(2)15-24(31)26-20-9-10-22-21(16-20)27-23(28(22)3)17-29-11-13-30(14-12-29)25(32)19-7-5-4-6-8-19/h4-10,16,18H,11-15,17H2,1-3H3,(H,26,31). The normalized spacial score (nSPS) is 14.8. The fourth-order valence-corrected chi connectivity index (χ4v) is 4.12. The van der Waals surface area contributed by atoms with Gasteiger partial charge in [-0.3, -0.25) is 14.5 Å². The summed E-state index contributed by atoms with van der Waals surface area (Å²) in [7, 11) is 2.02. The molecule has 1 saturated heterocycles. The maximum absolute atomic E-state index is 12.7. The highest BCUT2D eigenvalue weighted by molar-refractivity contribution is 5.94. The molecule has 1 aromatic heterocycles. The first-order valence-corrected chi connectivity index (χ1v) is 11.2. The van der Waals surface area contributed by atoms with Gasteiger partial charge in [0.1, 0.15) is 5.82 Å². The van der Waals surface area contributed by atoms with Crippen molar-refractivity contribution in [2.24, 2.45) is 13.0 Å². The summed E-state index contributed by atoms with van der Waals surface area (Å²) in [5, 5.41) is 2.97. The first-order chi connectivity index (χ1) is 15.4. The Balaban J connectivity index is 1.38. The molecule has 4 rings (SSSR count). The number of hydrogen-bond donors (Lipinski definition) is 1. The SMILES string of the molecule is CC(C)CC(=O)Nc1ccc2c(c1)nc(CN1CCN(C(=O)c3ccccc3)CC1)n2C. The molecule has 0 bridgehead atoms. The lowest BCUT2D eigenvalue weighted by atomic mass is 10.1. The summed E-state index contributed by atoms with van der Waals surface area (Å²) >= 11 is 0. The van der Waals surface area contributed by atoms with Crippen LogP contribution in [0, 0.1) is 5.92 Å². The van der Waals surface area contributed by atoms with E-state index in [2.05, 4.69) is 14.8 Å². The van der Waals surface area contributed by atoms with E-state index < -0.39 is 0 Å². The van der Waals surface area contributed by atoms with Gasteiger partial charge in [-0.25, -0.2) is 4.98 Å². The number of piperazine rings is 1.